The van der Waals surface area contributed by atoms with E-state index in [1.165, 1.54) is 193 Å². The third-order valence-electron chi connectivity index (χ3n) is 8.93. The number of unbranched alkanes of at least 4 members (excludes halogenated alkanes) is 28. The summed E-state index contributed by atoms with van der Waals surface area (Å²) in [6.45, 7) is 7.05. The number of rotatable bonds is 34. The maximum atomic E-state index is 12.5. The summed E-state index contributed by atoms with van der Waals surface area (Å²) in [6, 6.07) is 0. The average Bonchev–Trinajstić information content (AvgIpc) is 2.96. The molecule has 0 radical (unpaired) electrons. The Morgan fingerprint density at radius 3 is 0.825 bits per heavy atom. The molecule has 40 heavy (non-hydrogen) atoms. The second kappa shape index (κ2) is 34.7. The highest BCUT2D eigenvalue weighted by atomic mass is 16.5. The van der Waals surface area contributed by atoms with Crippen molar-refractivity contribution in [1.82, 2.24) is 0 Å². The van der Waals surface area contributed by atoms with Crippen molar-refractivity contribution in [3.63, 3.8) is 0 Å². The summed E-state index contributed by atoms with van der Waals surface area (Å²) < 4.78 is 5.41. The summed E-state index contributed by atoms with van der Waals surface area (Å²) in [5.41, 5.74) is 0. The van der Waals surface area contributed by atoms with Crippen LogP contribution in [0.1, 0.15) is 226 Å². The van der Waals surface area contributed by atoms with Gasteiger partial charge in [-0.1, -0.05) is 206 Å². The van der Waals surface area contributed by atoms with Gasteiger partial charge in [-0.2, -0.15) is 0 Å². The second-order valence-electron chi connectivity index (χ2n) is 12.9. The van der Waals surface area contributed by atoms with Crippen molar-refractivity contribution in [2.45, 2.75) is 226 Å². The molecule has 0 unspecified atom stereocenters. The molecule has 2 nitrogen and oxygen atoms in total. The van der Waals surface area contributed by atoms with Crippen LogP contribution in [0.3, 0.4) is 0 Å². The van der Waals surface area contributed by atoms with E-state index in [0.29, 0.717) is 6.61 Å². The zero-order chi connectivity index (χ0) is 29.2. The van der Waals surface area contributed by atoms with Crippen LogP contribution in [0.5, 0.6) is 0 Å². The van der Waals surface area contributed by atoms with E-state index in [2.05, 4.69) is 13.8 Å². The van der Waals surface area contributed by atoms with E-state index in [4.69, 9.17) is 4.74 Å². The SMILES string of the molecule is CCCCCCCCCCCCCCCCCC[C@H](CCCCCCCCCCCCCCCC)C(=O)OCC. The molecular formula is C38H76O2. The Balaban J connectivity index is 3.59. The normalized spacial score (nSPS) is 12.2. The molecule has 0 saturated carbocycles. The Morgan fingerprint density at radius 1 is 0.375 bits per heavy atom. The number of esters is 1. The third kappa shape index (κ3) is 30.4. The van der Waals surface area contributed by atoms with Crippen LogP contribution in [0.15, 0.2) is 0 Å². The van der Waals surface area contributed by atoms with Crippen molar-refractivity contribution in [3.8, 4) is 0 Å². The fraction of sp³-hybridized carbons (Fsp3) is 0.974. The number of ether oxygens (including phenoxy) is 1. The van der Waals surface area contributed by atoms with Crippen LogP contribution in [0.4, 0.5) is 0 Å². The van der Waals surface area contributed by atoms with E-state index in [9.17, 15) is 4.79 Å². The Morgan fingerprint density at radius 2 is 0.600 bits per heavy atom. The fourth-order valence-corrected chi connectivity index (χ4v) is 6.16. The van der Waals surface area contributed by atoms with E-state index in [1.54, 1.807) is 0 Å². The number of hydrogen-bond acceptors (Lipinski definition) is 2. The average molecular weight is 565 g/mol. The minimum atomic E-state index is 0.0677. The predicted molar refractivity (Wildman–Crippen MR) is 179 cm³/mol. The van der Waals surface area contributed by atoms with E-state index >= 15 is 0 Å². The fourth-order valence-electron chi connectivity index (χ4n) is 6.16. The van der Waals surface area contributed by atoms with Crippen molar-refractivity contribution in [3.05, 3.63) is 0 Å². The maximum Gasteiger partial charge on any atom is 0.308 e. The van der Waals surface area contributed by atoms with E-state index in [0.717, 1.165) is 12.8 Å². The van der Waals surface area contributed by atoms with Crippen LogP contribution in [-0.4, -0.2) is 12.6 Å². The highest BCUT2D eigenvalue weighted by molar-refractivity contribution is 5.72. The van der Waals surface area contributed by atoms with Gasteiger partial charge < -0.3 is 4.74 Å². The van der Waals surface area contributed by atoms with Crippen LogP contribution < -0.4 is 0 Å². The molecule has 0 spiro atoms. The molecule has 0 fully saturated rings. The van der Waals surface area contributed by atoms with E-state index in [-0.39, 0.29) is 11.9 Å². The third-order valence-corrected chi connectivity index (χ3v) is 8.93. The molecule has 0 bridgehead atoms. The van der Waals surface area contributed by atoms with Gasteiger partial charge in [0.15, 0.2) is 0 Å². The van der Waals surface area contributed by atoms with Crippen molar-refractivity contribution < 1.29 is 9.53 Å². The molecule has 0 aliphatic heterocycles. The zero-order valence-electron chi connectivity index (χ0n) is 28.2. The standard InChI is InChI=1S/C38H76O2/c1-4-7-9-11-13-15-17-19-21-22-24-26-28-30-32-34-36-37(38(39)40-6-3)35-33-31-29-27-25-23-20-18-16-14-12-10-8-5-2/h37H,4-36H2,1-3H3/t37-/m0/s1. The number of carbonyl (C=O) groups excluding carboxylic acids is 1. The van der Waals surface area contributed by atoms with Crippen LogP contribution in [0.25, 0.3) is 0 Å². The molecule has 0 rings (SSSR count). The Labute approximate surface area is 254 Å². The molecular weight excluding hydrogens is 488 g/mol. The Kier molecular flexibility index (Phi) is 34.2. The molecule has 0 aliphatic rings. The zero-order valence-corrected chi connectivity index (χ0v) is 28.2. The summed E-state index contributed by atoms with van der Waals surface area (Å²) >= 11 is 0. The summed E-state index contributed by atoms with van der Waals surface area (Å²) in [7, 11) is 0. The Hall–Kier alpha value is -0.530. The first-order valence-electron chi connectivity index (χ1n) is 18.9. The summed E-state index contributed by atoms with van der Waals surface area (Å²) in [4.78, 5) is 12.5. The smallest absolute Gasteiger partial charge is 0.308 e. The van der Waals surface area contributed by atoms with Crippen molar-refractivity contribution >= 4 is 5.97 Å². The van der Waals surface area contributed by atoms with Crippen LogP contribution in [0.2, 0.25) is 0 Å². The summed E-state index contributed by atoms with van der Waals surface area (Å²) in [5, 5.41) is 0. The molecule has 0 N–H and O–H groups in total. The molecule has 0 saturated heterocycles. The van der Waals surface area contributed by atoms with Crippen LogP contribution >= 0.6 is 0 Å². The highest BCUT2D eigenvalue weighted by Gasteiger charge is 2.18. The van der Waals surface area contributed by atoms with Gasteiger partial charge in [0.05, 0.1) is 12.5 Å². The molecule has 240 valence electrons. The number of carbonyl (C=O) groups is 1. The van der Waals surface area contributed by atoms with Gasteiger partial charge in [0.25, 0.3) is 0 Å². The second-order valence-corrected chi connectivity index (χ2v) is 12.9. The van der Waals surface area contributed by atoms with Gasteiger partial charge in [-0.25, -0.2) is 0 Å². The molecule has 0 aromatic rings. The summed E-state index contributed by atoms with van der Waals surface area (Å²) in [6.07, 6.45) is 43.8. The van der Waals surface area contributed by atoms with Crippen LogP contribution in [-0.2, 0) is 9.53 Å². The van der Waals surface area contributed by atoms with E-state index < -0.39 is 0 Å². The first kappa shape index (κ1) is 39.5. The molecule has 0 aromatic carbocycles. The Bertz CT molecular complexity index is 474. The lowest BCUT2D eigenvalue weighted by atomic mass is 9.94. The largest absolute Gasteiger partial charge is 0.466 e. The highest BCUT2D eigenvalue weighted by Crippen LogP contribution is 2.21. The molecule has 0 heterocycles. The lowest BCUT2D eigenvalue weighted by molar-refractivity contribution is -0.148. The van der Waals surface area contributed by atoms with Gasteiger partial charge >= 0.3 is 5.97 Å². The van der Waals surface area contributed by atoms with Gasteiger partial charge in [-0.3, -0.25) is 4.79 Å². The van der Waals surface area contributed by atoms with Gasteiger partial charge in [0.2, 0.25) is 0 Å². The minimum absolute atomic E-state index is 0.0677. The van der Waals surface area contributed by atoms with E-state index in [1.807, 2.05) is 6.92 Å². The quantitative estimate of drug-likeness (QED) is 0.0574. The topological polar surface area (TPSA) is 26.3 Å². The maximum absolute atomic E-state index is 12.5. The molecule has 0 aromatic heterocycles. The van der Waals surface area contributed by atoms with Gasteiger partial charge in [-0.15, -0.1) is 0 Å². The summed E-state index contributed by atoms with van der Waals surface area (Å²) in [5.74, 6) is 0.210. The molecule has 0 aliphatic carbocycles. The first-order valence-corrected chi connectivity index (χ1v) is 18.9. The van der Waals surface area contributed by atoms with Gasteiger partial charge in [0, 0.05) is 0 Å². The molecule has 2 heteroatoms. The van der Waals surface area contributed by atoms with Crippen molar-refractivity contribution in [2.24, 2.45) is 5.92 Å². The van der Waals surface area contributed by atoms with Gasteiger partial charge in [0.1, 0.15) is 0 Å². The monoisotopic (exact) mass is 565 g/mol. The number of hydrogen-bond donors (Lipinski definition) is 0. The minimum Gasteiger partial charge on any atom is -0.466 e. The lowest BCUT2D eigenvalue weighted by Gasteiger charge is -2.15. The van der Waals surface area contributed by atoms with Crippen molar-refractivity contribution in [1.29, 1.82) is 0 Å². The van der Waals surface area contributed by atoms with Gasteiger partial charge in [-0.05, 0) is 19.8 Å². The molecule has 1 atom stereocenters. The predicted octanol–water partition coefficient (Wildman–Crippen LogP) is 13.7. The lowest BCUT2D eigenvalue weighted by Crippen LogP contribution is -2.18. The first-order chi connectivity index (χ1) is 19.8. The van der Waals surface area contributed by atoms with Crippen molar-refractivity contribution in [2.75, 3.05) is 6.61 Å². The molecule has 0 amide bonds. The van der Waals surface area contributed by atoms with Crippen LogP contribution in [0, 0.1) is 5.92 Å².